The number of rotatable bonds is 5. The Morgan fingerprint density at radius 1 is 1.15 bits per heavy atom. The van der Waals surface area contributed by atoms with Crippen molar-refractivity contribution in [3.8, 4) is 0 Å². The number of nitrogens with zero attached hydrogens (tertiary/aromatic N) is 2. The zero-order valence-electron chi connectivity index (χ0n) is 17.9. The molecule has 10 heteroatoms. The molecule has 2 unspecified atom stereocenters. The van der Waals surface area contributed by atoms with Crippen molar-refractivity contribution in [2.45, 2.75) is 48.2 Å². The number of aromatic nitrogens is 2. The molecule has 1 fully saturated rings. The van der Waals surface area contributed by atoms with Gasteiger partial charge in [0.1, 0.15) is 14.0 Å². The number of ether oxygens (including phenoxy) is 1. The lowest BCUT2D eigenvalue weighted by atomic mass is 9.94. The average molecular weight is 474 g/mol. The lowest BCUT2D eigenvalue weighted by Crippen LogP contribution is -2.42. The van der Waals surface area contributed by atoms with Crippen LogP contribution in [0.15, 0.2) is 65.6 Å². The van der Waals surface area contributed by atoms with E-state index < -0.39 is 32.4 Å². The molecule has 0 spiro atoms. The molecule has 3 aromatic rings. The minimum Gasteiger partial charge on any atom is -0.372 e. The van der Waals surface area contributed by atoms with Crippen molar-refractivity contribution in [3.63, 3.8) is 0 Å². The highest BCUT2D eigenvalue weighted by atomic mass is 32.2. The van der Waals surface area contributed by atoms with Crippen molar-refractivity contribution in [2.24, 2.45) is 0 Å². The van der Waals surface area contributed by atoms with Gasteiger partial charge in [-0.15, -0.1) is 0 Å². The molecular formula is C23H22BF3N2O3S. The van der Waals surface area contributed by atoms with Gasteiger partial charge in [-0.1, -0.05) is 36.4 Å². The fourth-order valence-corrected chi connectivity index (χ4v) is 5.95. The summed E-state index contributed by atoms with van der Waals surface area (Å²) >= 11 is 0. The first kappa shape index (κ1) is 23.6. The first-order valence-corrected chi connectivity index (χ1v) is 11.9. The van der Waals surface area contributed by atoms with Gasteiger partial charge in [0.2, 0.25) is 0 Å². The van der Waals surface area contributed by atoms with E-state index in [2.05, 4.69) is 5.10 Å². The molecule has 2 heterocycles. The molecule has 2 atom stereocenters. The molecule has 2 radical (unpaired) electrons. The number of hydrogen-bond acceptors (Lipinski definition) is 4. The minimum atomic E-state index is -4.63. The third-order valence-electron chi connectivity index (χ3n) is 6.02. The SMILES string of the molecule is [B]c1cc(C2CC(C)(S(=O)(=O)c3cccc(C(F)(F)F)c3)CCO2)n(Cc2ccccc2)n1. The van der Waals surface area contributed by atoms with Crippen LogP contribution in [0.3, 0.4) is 0 Å². The van der Waals surface area contributed by atoms with Gasteiger partial charge in [0.15, 0.2) is 9.84 Å². The Hall–Kier alpha value is -2.59. The first-order chi connectivity index (χ1) is 15.5. The second-order valence-electron chi connectivity index (χ2n) is 8.43. The Labute approximate surface area is 191 Å². The van der Waals surface area contributed by atoms with Gasteiger partial charge >= 0.3 is 6.18 Å². The van der Waals surface area contributed by atoms with E-state index in [-0.39, 0.29) is 29.9 Å². The molecule has 0 N–H and O–H groups in total. The minimum absolute atomic E-state index is 0.0610. The quantitative estimate of drug-likeness (QED) is 0.528. The van der Waals surface area contributed by atoms with Crippen LogP contribution in [0, 0.1) is 0 Å². The lowest BCUT2D eigenvalue weighted by Gasteiger charge is -2.37. The number of halogens is 3. The maximum absolute atomic E-state index is 13.5. The van der Waals surface area contributed by atoms with Crippen molar-refractivity contribution in [3.05, 3.63) is 77.5 Å². The van der Waals surface area contributed by atoms with Crippen molar-refractivity contribution in [1.29, 1.82) is 0 Å². The van der Waals surface area contributed by atoms with Crippen molar-refractivity contribution in [1.82, 2.24) is 9.78 Å². The van der Waals surface area contributed by atoms with E-state index in [4.69, 9.17) is 12.6 Å². The lowest BCUT2D eigenvalue weighted by molar-refractivity contribution is -0.137. The van der Waals surface area contributed by atoms with Gasteiger partial charge in [-0.3, -0.25) is 4.68 Å². The molecule has 0 amide bonds. The summed E-state index contributed by atoms with van der Waals surface area (Å²) in [7, 11) is 1.84. The fourth-order valence-electron chi connectivity index (χ4n) is 4.12. The van der Waals surface area contributed by atoms with Crippen LogP contribution < -0.4 is 5.59 Å². The van der Waals surface area contributed by atoms with E-state index in [1.807, 2.05) is 30.3 Å². The molecule has 5 nitrogen and oxygen atoms in total. The third-order valence-corrected chi connectivity index (χ3v) is 8.57. The number of hydrogen-bond donors (Lipinski definition) is 0. The molecule has 33 heavy (non-hydrogen) atoms. The van der Waals surface area contributed by atoms with Crippen LogP contribution >= 0.6 is 0 Å². The van der Waals surface area contributed by atoms with Gasteiger partial charge in [-0.25, -0.2) is 8.42 Å². The highest BCUT2D eigenvalue weighted by molar-refractivity contribution is 7.92. The van der Waals surface area contributed by atoms with Crippen LogP contribution in [-0.4, -0.2) is 37.4 Å². The van der Waals surface area contributed by atoms with Crippen LogP contribution in [0.5, 0.6) is 0 Å². The summed E-state index contributed by atoms with van der Waals surface area (Å²) in [6.45, 7) is 2.11. The summed E-state index contributed by atoms with van der Waals surface area (Å²) in [6, 6.07) is 15.1. The monoisotopic (exact) mass is 474 g/mol. The Morgan fingerprint density at radius 3 is 2.58 bits per heavy atom. The summed E-state index contributed by atoms with van der Waals surface area (Å²) in [5.74, 6) is 0. The second kappa shape index (κ2) is 8.64. The predicted molar refractivity (Wildman–Crippen MR) is 118 cm³/mol. The molecule has 1 aromatic heterocycles. The summed E-state index contributed by atoms with van der Waals surface area (Å²) in [6.07, 6.45) is -5.04. The van der Waals surface area contributed by atoms with E-state index in [1.165, 1.54) is 6.07 Å². The van der Waals surface area contributed by atoms with E-state index in [9.17, 15) is 21.6 Å². The van der Waals surface area contributed by atoms with Crippen LogP contribution in [-0.2, 0) is 27.3 Å². The topological polar surface area (TPSA) is 61.2 Å². The van der Waals surface area contributed by atoms with Crippen LogP contribution in [0.25, 0.3) is 0 Å². The summed E-state index contributed by atoms with van der Waals surface area (Å²) < 4.78 is 72.7. The standard InChI is InChI=1S/C23H22BF3N2O3S/c1-22(33(30,31)18-9-5-8-17(12-18)23(25,26)27)10-11-32-20(14-22)19-13-21(24)28-29(19)15-16-6-3-2-4-7-16/h2-9,12-13,20H,10-11,14-15H2,1H3. The van der Waals surface area contributed by atoms with Gasteiger partial charge < -0.3 is 4.74 Å². The predicted octanol–water partition coefficient (Wildman–Crippen LogP) is 3.83. The number of benzene rings is 2. The van der Waals surface area contributed by atoms with E-state index in [1.54, 1.807) is 17.7 Å². The molecule has 1 aliphatic heterocycles. The van der Waals surface area contributed by atoms with Crippen LogP contribution in [0.4, 0.5) is 13.2 Å². The van der Waals surface area contributed by atoms with Crippen LogP contribution in [0.1, 0.15) is 42.7 Å². The smallest absolute Gasteiger partial charge is 0.372 e. The molecule has 0 saturated carbocycles. The second-order valence-corrected chi connectivity index (χ2v) is 10.9. The van der Waals surface area contributed by atoms with Crippen molar-refractivity contribution in [2.75, 3.05) is 6.61 Å². The van der Waals surface area contributed by atoms with E-state index >= 15 is 0 Å². The van der Waals surface area contributed by atoms with Gasteiger partial charge in [0, 0.05) is 12.2 Å². The Balaban J connectivity index is 1.65. The zero-order valence-corrected chi connectivity index (χ0v) is 18.7. The van der Waals surface area contributed by atoms with Gasteiger partial charge in [0.25, 0.3) is 0 Å². The molecule has 1 aliphatic rings. The molecular weight excluding hydrogens is 452 g/mol. The van der Waals surface area contributed by atoms with Gasteiger partial charge in [0.05, 0.1) is 27.4 Å². The number of alkyl halides is 3. The molecule has 0 aliphatic carbocycles. The highest BCUT2D eigenvalue weighted by Crippen LogP contribution is 2.42. The molecule has 2 aromatic carbocycles. The zero-order chi connectivity index (χ0) is 23.9. The molecule has 4 rings (SSSR count). The summed E-state index contributed by atoms with van der Waals surface area (Å²) in [5, 5.41) is 4.33. The van der Waals surface area contributed by atoms with E-state index in [0.717, 1.165) is 17.7 Å². The normalized spacial score (nSPS) is 21.8. The summed E-state index contributed by atoms with van der Waals surface area (Å²) in [5.41, 5.74) is 0.889. The Kier molecular flexibility index (Phi) is 6.17. The number of sulfone groups is 1. The maximum Gasteiger partial charge on any atom is 0.416 e. The fraction of sp³-hybridized carbons (Fsp3) is 0.348. The first-order valence-electron chi connectivity index (χ1n) is 10.4. The van der Waals surface area contributed by atoms with Crippen LogP contribution in [0.2, 0.25) is 0 Å². The van der Waals surface area contributed by atoms with Crippen molar-refractivity contribution >= 4 is 23.3 Å². The molecule has 172 valence electrons. The molecule has 1 saturated heterocycles. The molecule has 0 bridgehead atoms. The summed E-state index contributed by atoms with van der Waals surface area (Å²) in [4.78, 5) is -0.349. The van der Waals surface area contributed by atoms with E-state index in [0.29, 0.717) is 18.3 Å². The van der Waals surface area contributed by atoms with Gasteiger partial charge in [-0.05, 0) is 49.6 Å². The average Bonchev–Trinajstić information content (AvgIpc) is 3.14. The largest absolute Gasteiger partial charge is 0.416 e. The Morgan fingerprint density at radius 2 is 1.88 bits per heavy atom. The Bertz CT molecular complexity index is 1250. The highest BCUT2D eigenvalue weighted by Gasteiger charge is 2.46. The van der Waals surface area contributed by atoms with Gasteiger partial charge in [-0.2, -0.15) is 18.3 Å². The van der Waals surface area contributed by atoms with Crippen molar-refractivity contribution < 1.29 is 26.3 Å². The maximum atomic E-state index is 13.5. The third kappa shape index (κ3) is 4.72.